The van der Waals surface area contributed by atoms with Crippen LogP contribution >= 0.6 is 11.8 Å². The third-order valence-corrected chi connectivity index (χ3v) is 3.68. The molecule has 1 aliphatic heterocycles. The second-order valence-corrected chi connectivity index (χ2v) is 4.67. The number of thioether (sulfide) groups is 1. The summed E-state index contributed by atoms with van der Waals surface area (Å²) in [4.78, 5) is 24.1. The minimum atomic E-state index is -0.417. The summed E-state index contributed by atoms with van der Waals surface area (Å²) >= 11 is 1.21. The lowest BCUT2D eigenvalue weighted by Gasteiger charge is -2.07. The van der Waals surface area contributed by atoms with Gasteiger partial charge >= 0.3 is 0 Å². The Morgan fingerprint density at radius 3 is 2.50 bits per heavy atom. The van der Waals surface area contributed by atoms with Crippen LogP contribution in [0.1, 0.15) is 6.42 Å². The SMILES string of the molecule is CN1C(=O)CC(Sc2nnc(N)n2C)C1=O. The molecule has 2 rings (SSSR count). The maximum Gasteiger partial charge on any atom is 0.243 e. The fourth-order valence-corrected chi connectivity index (χ4v) is 2.45. The molecule has 1 aliphatic rings. The first-order valence-corrected chi connectivity index (χ1v) is 5.50. The highest BCUT2D eigenvalue weighted by Gasteiger charge is 2.37. The summed E-state index contributed by atoms with van der Waals surface area (Å²) in [6, 6.07) is 0. The minimum Gasteiger partial charge on any atom is -0.368 e. The molecule has 2 N–H and O–H groups in total. The molecule has 0 aliphatic carbocycles. The summed E-state index contributed by atoms with van der Waals surface area (Å²) in [5.74, 6) is -0.0816. The van der Waals surface area contributed by atoms with E-state index in [9.17, 15) is 9.59 Å². The lowest BCUT2D eigenvalue weighted by Crippen LogP contribution is -2.26. The van der Waals surface area contributed by atoms with Crippen molar-refractivity contribution in [3.05, 3.63) is 0 Å². The Bertz CT molecular complexity index is 457. The molecule has 1 aromatic heterocycles. The van der Waals surface area contributed by atoms with E-state index < -0.39 is 5.25 Å². The van der Waals surface area contributed by atoms with Crippen LogP contribution in [0.2, 0.25) is 0 Å². The Balaban J connectivity index is 2.15. The van der Waals surface area contributed by atoms with Gasteiger partial charge in [0, 0.05) is 20.5 Å². The summed E-state index contributed by atoms with van der Waals surface area (Å²) in [5.41, 5.74) is 5.52. The number of carbonyl (C=O) groups is 2. The third-order valence-electron chi connectivity index (χ3n) is 2.46. The highest BCUT2D eigenvalue weighted by atomic mass is 32.2. The van der Waals surface area contributed by atoms with Crippen molar-refractivity contribution in [3.8, 4) is 0 Å². The number of hydrogen-bond acceptors (Lipinski definition) is 6. The number of hydrogen-bond donors (Lipinski definition) is 1. The molecule has 86 valence electrons. The number of likely N-dealkylation sites (tertiary alicyclic amines) is 1. The van der Waals surface area contributed by atoms with Gasteiger partial charge in [0.25, 0.3) is 0 Å². The van der Waals surface area contributed by atoms with Crippen molar-refractivity contribution in [2.24, 2.45) is 7.05 Å². The van der Waals surface area contributed by atoms with Crippen molar-refractivity contribution in [1.29, 1.82) is 0 Å². The molecular weight excluding hydrogens is 230 g/mol. The molecule has 8 heteroatoms. The normalized spacial score (nSPS) is 20.9. The zero-order chi connectivity index (χ0) is 11.9. The van der Waals surface area contributed by atoms with Gasteiger partial charge in [-0.15, -0.1) is 10.2 Å². The average Bonchev–Trinajstić information content (AvgIpc) is 2.68. The lowest BCUT2D eigenvalue weighted by atomic mass is 10.4. The molecule has 16 heavy (non-hydrogen) atoms. The number of nitrogens with zero attached hydrogens (tertiary/aromatic N) is 4. The molecule has 1 unspecified atom stereocenters. The number of rotatable bonds is 2. The average molecular weight is 241 g/mol. The van der Waals surface area contributed by atoms with Gasteiger partial charge in [-0.05, 0) is 0 Å². The molecule has 1 atom stereocenters. The van der Waals surface area contributed by atoms with Gasteiger partial charge in [0.1, 0.15) is 5.25 Å². The van der Waals surface area contributed by atoms with Crippen molar-refractivity contribution < 1.29 is 9.59 Å². The highest BCUT2D eigenvalue weighted by molar-refractivity contribution is 8.00. The van der Waals surface area contributed by atoms with Gasteiger partial charge in [0.05, 0.1) is 0 Å². The Morgan fingerprint density at radius 2 is 2.06 bits per heavy atom. The summed E-state index contributed by atoms with van der Waals surface area (Å²) in [5, 5.41) is 7.64. The second kappa shape index (κ2) is 3.78. The quantitative estimate of drug-likeness (QED) is 0.684. The fraction of sp³-hybridized carbons (Fsp3) is 0.500. The van der Waals surface area contributed by atoms with Gasteiger partial charge in [-0.3, -0.25) is 19.1 Å². The standard InChI is InChI=1S/C8H11N5O2S/c1-12-5(14)3-4(6(12)15)16-8-11-10-7(9)13(8)2/h4H,3H2,1-2H3,(H2,9,10). The summed E-state index contributed by atoms with van der Waals surface area (Å²) in [6.07, 6.45) is 0.201. The zero-order valence-electron chi connectivity index (χ0n) is 8.88. The van der Waals surface area contributed by atoms with Crippen LogP contribution in [0.25, 0.3) is 0 Å². The Labute approximate surface area is 96.0 Å². The maximum absolute atomic E-state index is 11.6. The van der Waals surface area contributed by atoms with Gasteiger partial charge in [0.15, 0.2) is 5.16 Å². The van der Waals surface area contributed by atoms with Crippen molar-refractivity contribution >= 4 is 29.5 Å². The van der Waals surface area contributed by atoms with Crippen LogP contribution in [0, 0.1) is 0 Å². The molecule has 2 heterocycles. The molecule has 1 fully saturated rings. The Morgan fingerprint density at radius 1 is 1.38 bits per heavy atom. The van der Waals surface area contributed by atoms with E-state index in [0.717, 1.165) is 4.90 Å². The number of nitrogens with two attached hydrogens (primary N) is 1. The second-order valence-electron chi connectivity index (χ2n) is 3.50. The number of anilines is 1. The summed E-state index contributed by atoms with van der Waals surface area (Å²) in [7, 11) is 3.19. The predicted molar refractivity (Wildman–Crippen MR) is 57.5 cm³/mol. The lowest BCUT2D eigenvalue weighted by molar-refractivity contribution is -0.136. The van der Waals surface area contributed by atoms with E-state index in [1.165, 1.54) is 18.8 Å². The van der Waals surface area contributed by atoms with Crippen LogP contribution in [0.3, 0.4) is 0 Å². The zero-order valence-corrected chi connectivity index (χ0v) is 9.69. The van der Waals surface area contributed by atoms with Gasteiger partial charge in [-0.2, -0.15) is 0 Å². The topological polar surface area (TPSA) is 94.1 Å². The molecule has 0 bridgehead atoms. The molecule has 0 radical (unpaired) electrons. The minimum absolute atomic E-state index is 0.169. The number of nitrogen functional groups attached to an aromatic ring is 1. The van der Waals surface area contributed by atoms with Crippen LogP contribution in [-0.4, -0.2) is 43.8 Å². The number of amides is 2. The molecule has 7 nitrogen and oxygen atoms in total. The van der Waals surface area contributed by atoms with E-state index in [2.05, 4.69) is 10.2 Å². The fourth-order valence-electron chi connectivity index (χ4n) is 1.37. The van der Waals surface area contributed by atoms with E-state index in [1.54, 1.807) is 11.6 Å². The first-order chi connectivity index (χ1) is 7.50. The third kappa shape index (κ3) is 1.64. The maximum atomic E-state index is 11.6. The van der Waals surface area contributed by atoms with Gasteiger partial charge in [-0.1, -0.05) is 11.8 Å². The summed E-state index contributed by atoms with van der Waals surface area (Å²) < 4.78 is 1.58. The van der Waals surface area contributed by atoms with Crippen LogP contribution in [0.5, 0.6) is 0 Å². The molecule has 0 aromatic carbocycles. The van der Waals surface area contributed by atoms with E-state index in [-0.39, 0.29) is 24.2 Å². The molecule has 2 amide bonds. The summed E-state index contributed by atoms with van der Waals surface area (Å²) in [6.45, 7) is 0. The van der Waals surface area contributed by atoms with Gasteiger partial charge < -0.3 is 5.73 Å². The smallest absolute Gasteiger partial charge is 0.243 e. The molecule has 0 saturated carbocycles. The Hall–Kier alpha value is -1.57. The van der Waals surface area contributed by atoms with E-state index in [1.807, 2.05) is 0 Å². The first kappa shape index (κ1) is 10.9. The first-order valence-electron chi connectivity index (χ1n) is 4.62. The van der Waals surface area contributed by atoms with Crippen molar-refractivity contribution in [2.45, 2.75) is 16.8 Å². The number of aromatic nitrogens is 3. The predicted octanol–water partition coefficient (Wildman–Crippen LogP) is -0.753. The van der Waals surface area contributed by atoms with Gasteiger partial charge in [-0.25, -0.2) is 0 Å². The van der Waals surface area contributed by atoms with E-state index in [0.29, 0.717) is 5.16 Å². The Kier molecular flexibility index (Phi) is 2.58. The molecule has 1 aromatic rings. The van der Waals surface area contributed by atoms with Crippen LogP contribution in [0.4, 0.5) is 5.95 Å². The number of carbonyl (C=O) groups excluding carboxylic acids is 2. The van der Waals surface area contributed by atoms with Crippen LogP contribution < -0.4 is 5.73 Å². The van der Waals surface area contributed by atoms with Gasteiger partial charge in [0.2, 0.25) is 17.8 Å². The molecule has 0 spiro atoms. The largest absolute Gasteiger partial charge is 0.368 e. The van der Waals surface area contributed by atoms with Crippen molar-refractivity contribution in [1.82, 2.24) is 19.7 Å². The van der Waals surface area contributed by atoms with Crippen LogP contribution in [0.15, 0.2) is 5.16 Å². The highest BCUT2D eigenvalue weighted by Crippen LogP contribution is 2.29. The van der Waals surface area contributed by atoms with Crippen LogP contribution in [-0.2, 0) is 16.6 Å². The molecule has 1 saturated heterocycles. The van der Waals surface area contributed by atoms with E-state index >= 15 is 0 Å². The monoisotopic (exact) mass is 241 g/mol. The van der Waals surface area contributed by atoms with Crippen molar-refractivity contribution in [2.75, 3.05) is 12.8 Å². The molecular formula is C8H11N5O2S. The van der Waals surface area contributed by atoms with E-state index in [4.69, 9.17) is 5.73 Å². The van der Waals surface area contributed by atoms with Crippen molar-refractivity contribution in [3.63, 3.8) is 0 Å². The number of imide groups is 1.